The van der Waals surface area contributed by atoms with Crippen molar-refractivity contribution in [2.45, 2.75) is 32.7 Å². The molecule has 19 heavy (non-hydrogen) atoms. The van der Waals surface area contributed by atoms with E-state index in [0.29, 0.717) is 12.0 Å². The standard InChI is InChI=1S/C13H15ClFNO3/c1-3-4-9(13(18)19)16-12(17)8-6-5-7(2)10(14)11(8)15/h5-6,9H,3-4H2,1-2H3,(H,16,17)(H,18,19). The molecule has 0 aliphatic rings. The van der Waals surface area contributed by atoms with Crippen molar-refractivity contribution in [1.82, 2.24) is 5.32 Å². The zero-order valence-electron chi connectivity index (χ0n) is 10.7. The highest BCUT2D eigenvalue weighted by atomic mass is 35.5. The minimum atomic E-state index is -1.14. The van der Waals surface area contributed by atoms with Gasteiger partial charge in [-0.3, -0.25) is 4.79 Å². The van der Waals surface area contributed by atoms with Crippen LogP contribution in [0.25, 0.3) is 0 Å². The highest BCUT2D eigenvalue weighted by Gasteiger charge is 2.22. The molecular formula is C13H15ClFNO3. The summed E-state index contributed by atoms with van der Waals surface area (Å²) in [6.45, 7) is 3.41. The summed E-state index contributed by atoms with van der Waals surface area (Å²) < 4.78 is 13.8. The molecule has 1 aromatic carbocycles. The first-order chi connectivity index (χ1) is 8.88. The first kappa shape index (κ1) is 15.4. The lowest BCUT2D eigenvalue weighted by molar-refractivity contribution is -0.139. The van der Waals surface area contributed by atoms with Crippen molar-refractivity contribution in [2.24, 2.45) is 0 Å². The van der Waals surface area contributed by atoms with E-state index in [4.69, 9.17) is 16.7 Å². The summed E-state index contributed by atoms with van der Waals surface area (Å²) in [6, 6.07) is 1.77. The lowest BCUT2D eigenvalue weighted by Crippen LogP contribution is -2.41. The molecule has 0 spiro atoms. The Morgan fingerprint density at radius 2 is 2.11 bits per heavy atom. The molecule has 0 saturated carbocycles. The van der Waals surface area contributed by atoms with Gasteiger partial charge in [0, 0.05) is 0 Å². The van der Waals surface area contributed by atoms with E-state index in [0.717, 1.165) is 0 Å². The third kappa shape index (κ3) is 3.67. The van der Waals surface area contributed by atoms with Gasteiger partial charge in [-0.1, -0.05) is 31.0 Å². The van der Waals surface area contributed by atoms with Crippen molar-refractivity contribution in [3.8, 4) is 0 Å². The molecule has 0 bridgehead atoms. The van der Waals surface area contributed by atoms with Gasteiger partial charge in [-0.15, -0.1) is 0 Å². The van der Waals surface area contributed by atoms with E-state index in [9.17, 15) is 14.0 Å². The van der Waals surface area contributed by atoms with Crippen LogP contribution in [0.2, 0.25) is 5.02 Å². The number of hydrogen-bond donors (Lipinski definition) is 2. The van der Waals surface area contributed by atoms with Crippen molar-refractivity contribution in [3.63, 3.8) is 0 Å². The molecule has 0 aromatic heterocycles. The molecule has 1 rings (SSSR count). The van der Waals surface area contributed by atoms with E-state index in [2.05, 4.69) is 5.32 Å². The van der Waals surface area contributed by atoms with Crippen molar-refractivity contribution in [3.05, 3.63) is 34.1 Å². The Hall–Kier alpha value is -1.62. The van der Waals surface area contributed by atoms with Crippen LogP contribution in [0.3, 0.4) is 0 Å². The van der Waals surface area contributed by atoms with Gasteiger partial charge in [0.1, 0.15) is 6.04 Å². The minimum Gasteiger partial charge on any atom is -0.480 e. The maximum Gasteiger partial charge on any atom is 0.326 e. The van der Waals surface area contributed by atoms with Gasteiger partial charge in [-0.05, 0) is 25.0 Å². The summed E-state index contributed by atoms with van der Waals surface area (Å²) in [7, 11) is 0. The lowest BCUT2D eigenvalue weighted by atomic mass is 10.1. The van der Waals surface area contributed by atoms with Crippen LogP contribution < -0.4 is 5.32 Å². The topological polar surface area (TPSA) is 66.4 Å². The number of nitrogens with one attached hydrogen (secondary N) is 1. The van der Waals surface area contributed by atoms with Crippen LogP contribution in [0.5, 0.6) is 0 Å². The van der Waals surface area contributed by atoms with Crippen molar-refractivity contribution >= 4 is 23.5 Å². The molecule has 2 N–H and O–H groups in total. The second kappa shape index (κ2) is 6.52. The summed E-state index contributed by atoms with van der Waals surface area (Å²) in [5, 5.41) is 11.1. The number of hydrogen-bond acceptors (Lipinski definition) is 2. The zero-order chi connectivity index (χ0) is 14.6. The van der Waals surface area contributed by atoms with Gasteiger partial charge in [0.2, 0.25) is 0 Å². The van der Waals surface area contributed by atoms with Gasteiger partial charge in [0.15, 0.2) is 5.82 Å². The van der Waals surface area contributed by atoms with E-state index in [1.807, 2.05) is 0 Å². The number of amides is 1. The van der Waals surface area contributed by atoms with E-state index >= 15 is 0 Å². The molecule has 1 atom stereocenters. The van der Waals surface area contributed by atoms with Crippen LogP contribution in [0.1, 0.15) is 35.7 Å². The van der Waals surface area contributed by atoms with Gasteiger partial charge in [-0.25, -0.2) is 9.18 Å². The van der Waals surface area contributed by atoms with Crippen molar-refractivity contribution < 1.29 is 19.1 Å². The molecule has 6 heteroatoms. The molecule has 0 radical (unpaired) electrons. The number of carboxylic acid groups (broad SMARTS) is 1. The molecule has 4 nitrogen and oxygen atoms in total. The fraction of sp³-hybridized carbons (Fsp3) is 0.385. The van der Waals surface area contributed by atoms with Crippen LogP contribution in [0.15, 0.2) is 12.1 Å². The lowest BCUT2D eigenvalue weighted by Gasteiger charge is -2.14. The molecule has 1 unspecified atom stereocenters. The largest absolute Gasteiger partial charge is 0.480 e. The molecule has 0 heterocycles. The van der Waals surface area contributed by atoms with Crippen LogP contribution in [-0.2, 0) is 4.79 Å². The SMILES string of the molecule is CCCC(NC(=O)c1ccc(C)c(Cl)c1F)C(=O)O. The Morgan fingerprint density at radius 3 is 2.63 bits per heavy atom. The number of rotatable bonds is 5. The number of carbonyl (C=O) groups is 2. The normalized spacial score (nSPS) is 12.0. The third-order valence-electron chi connectivity index (χ3n) is 2.70. The van der Waals surface area contributed by atoms with Crippen molar-refractivity contribution in [2.75, 3.05) is 0 Å². The molecule has 1 amide bonds. The van der Waals surface area contributed by atoms with E-state index in [1.54, 1.807) is 13.8 Å². The average molecular weight is 288 g/mol. The molecule has 104 valence electrons. The number of halogens is 2. The smallest absolute Gasteiger partial charge is 0.326 e. The average Bonchev–Trinajstić information content (AvgIpc) is 2.35. The van der Waals surface area contributed by atoms with Crippen molar-refractivity contribution in [1.29, 1.82) is 0 Å². The highest BCUT2D eigenvalue weighted by Crippen LogP contribution is 2.22. The number of aryl methyl sites for hydroxylation is 1. The summed E-state index contributed by atoms with van der Waals surface area (Å²) in [6.07, 6.45) is 0.872. The fourth-order valence-corrected chi connectivity index (χ4v) is 1.77. The van der Waals surface area contributed by atoms with Gasteiger partial charge in [0.25, 0.3) is 5.91 Å². The van der Waals surface area contributed by atoms with Crippen LogP contribution >= 0.6 is 11.6 Å². The molecule has 0 aliphatic heterocycles. The maximum absolute atomic E-state index is 13.8. The van der Waals surface area contributed by atoms with Gasteiger partial charge >= 0.3 is 5.97 Å². The quantitative estimate of drug-likeness (QED) is 0.875. The van der Waals surface area contributed by atoms with E-state index in [-0.39, 0.29) is 17.0 Å². The predicted octanol–water partition coefficient (Wildman–Crippen LogP) is 2.77. The third-order valence-corrected chi connectivity index (χ3v) is 3.16. The first-order valence-corrected chi connectivity index (χ1v) is 6.24. The Balaban J connectivity index is 2.95. The molecule has 0 aliphatic carbocycles. The summed E-state index contributed by atoms with van der Waals surface area (Å²) >= 11 is 5.72. The number of aliphatic carboxylic acids is 1. The summed E-state index contributed by atoms with van der Waals surface area (Å²) in [4.78, 5) is 22.8. The van der Waals surface area contributed by atoms with Gasteiger partial charge < -0.3 is 10.4 Å². The van der Waals surface area contributed by atoms with E-state index in [1.165, 1.54) is 12.1 Å². The molecule has 1 aromatic rings. The van der Waals surface area contributed by atoms with Crippen LogP contribution in [0, 0.1) is 12.7 Å². The maximum atomic E-state index is 13.8. The zero-order valence-corrected chi connectivity index (χ0v) is 11.4. The Kier molecular flexibility index (Phi) is 5.30. The Bertz CT molecular complexity index is 505. The summed E-state index contributed by atoms with van der Waals surface area (Å²) in [5.41, 5.74) is 0.261. The number of benzene rings is 1. The molecule has 0 saturated heterocycles. The second-order valence-electron chi connectivity index (χ2n) is 4.21. The second-order valence-corrected chi connectivity index (χ2v) is 4.59. The molecular weight excluding hydrogens is 273 g/mol. The van der Waals surface area contributed by atoms with Gasteiger partial charge in [-0.2, -0.15) is 0 Å². The minimum absolute atomic E-state index is 0.130. The van der Waals surface area contributed by atoms with Crippen LogP contribution in [-0.4, -0.2) is 23.0 Å². The summed E-state index contributed by atoms with van der Waals surface area (Å²) in [5.74, 6) is -2.76. The monoisotopic (exact) mass is 287 g/mol. The number of carbonyl (C=O) groups excluding carboxylic acids is 1. The fourth-order valence-electron chi connectivity index (χ4n) is 1.60. The Morgan fingerprint density at radius 1 is 1.47 bits per heavy atom. The van der Waals surface area contributed by atoms with E-state index < -0.39 is 23.7 Å². The molecule has 0 fully saturated rings. The van der Waals surface area contributed by atoms with Crippen LogP contribution in [0.4, 0.5) is 4.39 Å². The Labute approximate surface area is 115 Å². The number of carboxylic acids is 1. The predicted molar refractivity (Wildman–Crippen MR) is 69.9 cm³/mol. The first-order valence-electron chi connectivity index (χ1n) is 5.86. The highest BCUT2D eigenvalue weighted by molar-refractivity contribution is 6.31. The van der Waals surface area contributed by atoms with Gasteiger partial charge in [0.05, 0.1) is 10.6 Å².